The van der Waals surface area contributed by atoms with Crippen LogP contribution in [0, 0.1) is 5.92 Å². The summed E-state index contributed by atoms with van der Waals surface area (Å²) >= 11 is 0. The van der Waals surface area contributed by atoms with E-state index in [1.54, 1.807) is 0 Å². The molecule has 3 amide bonds. The molecule has 1 aliphatic rings. The standard InChI is InChI=1S/C15H21N3O2/c1-2-8-16-15(20)17-10-11-4-3-5-13(9-11)18-14(19)12-6-7-12/h3-5,9,12H,2,6-8,10H2,1H3,(H,18,19)(H2,16,17,20). The molecule has 0 atom stereocenters. The Morgan fingerprint density at radius 2 is 2.05 bits per heavy atom. The molecule has 0 radical (unpaired) electrons. The van der Waals surface area contributed by atoms with Gasteiger partial charge in [-0.2, -0.15) is 0 Å². The topological polar surface area (TPSA) is 70.2 Å². The molecule has 1 fully saturated rings. The van der Waals surface area contributed by atoms with Crippen LogP contribution in [0.25, 0.3) is 0 Å². The van der Waals surface area contributed by atoms with Crippen molar-refractivity contribution in [3.63, 3.8) is 0 Å². The highest BCUT2D eigenvalue weighted by atomic mass is 16.2. The van der Waals surface area contributed by atoms with Crippen molar-refractivity contribution >= 4 is 17.6 Å². The molecule has 0 saturated heterocycles. The Balaban J connectivity index is 1.82. The predicted molar refractivity (Wildman–Crippen MR) is 78.3 cm³/mol. The molecule has 0 heterocycles. The Morgan fingerprint density at radius 1 is 1.25 bits per heavy atom. The maximum absolute atomic E-state index is 11.7. The van der Waals surface area contributed by atoms with Crippen molar-refractivity contribution < 1.29 is 9.59 Å². The largest absolute Gasteiger partial charge is 0.338 e. The number of carbonyl (C=O) groups is 2. The van der Waals surface area contributed by atoms with Crippen molar-refractivity contribution in [3.8, 4) is 0 Å². The summed E-state index contributed by atoms with van der Waals surface area (Å²) in [7, 11) is 0. The van der Waals surface area contributed by atoms with Gasteiger partial charge in [-0.25, -0.2) is 4.79 Å². The number of rotatable bonds is 6. The van der Waals surface area contributed by atoms with E-state index in [-0.39, 0.29) is 17.9 Å². The Hall–Kier alpha value is -2.04. The van der Waals surface area contributed by atoms with Gasteiger partial charge in [0.25, 0.3) is 0 Å². The van der Waals surface area contributed by atoms with Crippen molar-refractivity contribution in [2.45, 2.75) is 32.7 Å². The SMILES string of the molecule is CCCNC(=O)NCc1cccc(NC(=O)C2CC2)c1. The molecule has 0 aromatic heterocycles. The van der Waals surface area contributed by atoms with Gasteiger partial charge in [-0.15, -0.1) is 0 Å². The van der Waals surface area contributed by atoms with Crippen molar-refractivity contribution in [3.05, 3.63) is 29.8 Å². The number of urea groups is 1. The maximum atomic E-state index is 11.7. The van der Waals surface area contributed by atoms with E-state index < -0.39 is 0 Å². The van der Waals surface area contributed by atoms with Crippen molar-refractivity contribution in [2.75, 3.05) is 11.9 Å². The lowest BCUT2D eigenvalue weighted by molar-refractivity contribution is -0.117. The Morgan fingerprint density at radius 3 is 2.75 bits per heavy atom. The van der Waals surface area contributed by atoms with Crippen LogP contribution in [0.4, 0.5) is 10.5 Å². The van der Waals surface area contributed by atoms with Crippen LogP contribution in [0.1, 0.15) is 31.7 Å². The highest BCUT2D eigenvalue weighted by molar-refractivity contribution is 5.94. The summed E-state index contributed by atoms with van der Waals surface area (Å²) in [6, 6.07) is 7.39. The Labute approximate surface area is 119 Å². The first kappa shape index (κ1) is 14.4. The zero-order valence-corrected chi connectivity index (χ0v) is 11.7. The third-order valence-corrected chi connectivity index (χ3v) is 3.13. The lowest BCUT2D eigenvalue weighted by atomic mass is 10.2. The fraction of sp³-hybridized carbons (Fsp3) is 0.467. The average molecular weight is 275 g/mol. The van der Waals surface area contributed by atoms with Gasteiger partial charge in [0.1, 0.15) is 0 Å². The van der Waals surface area contributed by atoms with Gasteiger partial charge in [-0.1, -0.05) is 19.1 Å². The summed E-state index contributed by atoms with van der Waals surface area (Å²) < 4.78 is 0. The lowest BCUT2D eigenvalue weighted by Gasteiger charge is -2.09. The maximum Gasteiger partial charge on any atom is 0.315 e. The summed E-state index contributed by atoms with van der Waals surface area (Å²) in [6.07, 6.45) is 2.89. The molecule has 20 heavy (non-hydrogen) atoms. The van der Waals surface area contributed by atoms with Crippen LogP contribution >= 0.6 is 0 Å². The van der Waals surface area contributed by atoms with Gasteiger partial charge in [0.05, 0.1) is 0 Å². The highest BCUT2D eigenvalue weighted by Crippen LogP contribution is 2.30. The highest BCUT2D eigenvalue weighted by Gasteiger charge is 2.29. The average Bonchev–Trinajstić information content (AvgIpc) is 3.28. The van der Waals surface area contributed by atoms with E-state index in [0.29, 0.717) is 13.1 Å². The van der Waals surface area contributed by atoms with Gasteiger partial charge in [0, 0.05) is 24.7 Å². The normalized spacial score (nSPS) is 13.7. The number of benzene rings is 1. The minimum absolute atomic E-state index is 0.0933. The Kier molecular flexibility index (Phi) is 4.98. The first-order valence-electron chi connectivity index (χ1n) is 7.10. The van der Waals surface area contributed by atoms with Crippen LogP contribution in [0.3, 0.4) is 0 Å². The summed E-state index contributed by atoms with van der Waals surface area (Å²) in [4.78, 5) is 23.1. The minimum atomic E-state index is -0.167. The Bertz CT molecular complexity index is 484. The molecule has 1 saturated carbocycles. The van der Waals surface area contributed by atoms with Crippen molar-refractivity contribution in [1.29, 1.82) is 0 Å². The molecule has 0 aliphatic heterocycles. The smallest absolute Gasteiger partial charge is 0.315 e. The molecule has 1 aliphatic carbocycles. The second kappa shape index (κ2) is 6.93. The number of hydrogen-bond donors (Lipinski definition) is 3. The van der Waals surface area contributed by atoms with E-state index in [1.807, 2.05) is 31.2 Å². The summed E-state index contributed by atoms with van der Waals surface area (Å²) in [5.74, 6) is 0.285. The fourth-order valence-electron chi connectivity index (χ4n) is 1.83. The van der Waals surface area contributed by atoms with Gasteiger partial charge in [0.15, 0.2) is 0 Å². The summed E-state index contributed by atoms with van der Waals surface area (Å²) in [6.45, 7) is 3.12. The third kappa shape index (κ3) is 4.57. The van der Waals surface area contributed by atoms with Crippen LogP contribution in [-0.2, 0) is 11.3 Å². The van der Waals surface area contributed by atoms with Gasteiger partial charge in [-0.3, -0.25) is 4.79 Å². The van der Waals surface area contributed by atoms with Gasteiger partial charge < -0.3 is 16.0 Å². The van der Waals surface area contributed by atoms with Gasteiger partial charge in [-0.05, 0) is 37.0 Å². The van der Waals surface area contributed by atoms with Crippen LogP contribution in [0.5, 0.6) is 0 Å². The number of hydrogen-bond acceptors (Lipinski definition) is 2. The number of amides is 3. The molecule has 5 nitrogen and oxygen atoms in total. The molecule has 0 unspecified atom stereocenters. The number of carbonyl (C=O) groups excluding carboxylic acids is 2. The van der Waals surface area contributed by atoms with E-state index in [9.17, 15) is 9.59 Å². The number of anilines is 1. The van der Waals surface area contributed by atoms with E-state index in [4.69, 9.17) is 0 Å². The quantitative estimate of drug-likeness (QED) is 0.745. The first-order chi connectivity index (χ1) is 9.69. The zero-order valence-electron chi connectivity index (χ0n) is 11.7. The molecule has 5 heteroatoms. The van der Waals surface area contributed by atoms with Crippen molar-refractivity contribution in [1.82, 2.24) is 10.6 Å². The van der Waals surface area contributed by atoms with Gasteiger partial charge >= 0.3 is 6.03 Å². The van der Waals surface area contributed by atoms with E-state index >= 15 is 0 Å². The second-order valence-electron chi connectivity index (χ2n) is 5.07. The van der Waals surface area contributed by atoms with E-state index in [1.165, 1.54) is 0 Å². The molecule has 3 N–H and O–H groups in total. The molecule has 0 spiro atoms. The van der Waals surface area contributed by atoms with Crippen LogP contribution < -0.4 is 16.0 Å². The summed E-state index contributed by atoms with van der Waals surface area (Å²) in [5, 5.41) is 8.44. The van der Waals surface area contributed by atoms with E-state index in [2.05, 4.69) is 16.0 Å². The third-order valence-electron chi connectivity index (χ3n) is 3.13. The van der Waals surface area contributed by atoms with Gasteiger partial charge in [0.2, 0.25) is 5.91 Å². The molecular formula is C15H21N3O2. The first-order valence-corrected chi connectivity index (χ1v) is 7.10. The monoisotopic (exact) mass is 275 g/mol. The van der Waals surface area contributed by atoms with Crippen LogP contribution in [0.2, 0.25) is 0 Å². The molecule has 108 valence electrons. The molecule has 0 bridgehead atoms. The summed E-state index contributed by atoms with van der Waals surface area (Å²) in [5.41, 5.74) is 1.75. The molecular weight excluding hydrogens is 254 g/mol. The second-order valence-corrected chi connectivity index (χ2v) is 5.07. The fourth-order valence-corrected chi connectivity index (χ4v) is 1.83. The molecule has 1 aromatic rings. The zero-order chi connectivity index (χ0) is 14.4. The molecule has 1 aromatic carbocycles. The van der Waals surface area contributed by atoms with Crippen molar-refractivity contribution in [2.24, 2.45) is 5.92 Å². The minimum Gasteiger partial charge on any atom is -0.338 e. The van der Waals surface area contributed by atoms with Crippen LogP contribution in [0.15, 0.2) is 24.3 Å². The van der Waals surface area contributed by atoms with Crippen LogP contribution in [-0.4, -0.2) is 18.5 Å². The lowest BCUT2D eigenvalue weighted by Crippen LogP contribution is -2.35. The van der Waals surface area contributed by atoms with E-state index in [0.717, 1.165) is 30.5 Å². The number of nitrogens with one attached hydrogen (secondary N) is 3. The molecule has 2 rings (SSSR count). The predicted octanol–water partition coefficient (Wildman–Crippen LogP) is 2.24.